The van der Waals surface area contributed by atoms with Crippen LogP contribution in [-0.4, -0.2) is 49.5 Å². The molecule has 6 amide bonds. The van der Waals surface area contributed by atoms with Gasteiger partial charge in [0.25, 0.3) is 11.8 Å². The van der Waals surface area contributed by atoms with Gasteiger partial charge in [-0.05, 0) is 49.1 Å². The highest BCUT2D eigenvalue weighted by atomic mass is 16.5. The Morgan fingerprint density at radius 3 is 2.53 bits per heavy atom. The molecular formula is C27H27N5O6. The second-order valence-corrected chi connectivity index (χ2v) is 10.2. The average molecular weight is 518 g/mol. The zero-order valence-electron chi connectivity index (χ0n) is 21.2. The fourth-order valence-electron chi connectivity index (χ4n) is 5.70. The number of nitrogens with one attached hydrogen (secondary N) is 4. The molecule has 1 aliphatic carbocycles. The van der Waals surface area contributed by atoms with Crippen LogP contribution in [0.2, 0.25) is 0 Å². The summed E-state index contributed by atoms with van der Waals surface area (Å²) in [5.41, 5.74) is 3.03. The number of hydrogen-bond acceptors (Lipinski definition) is 6. The normalized spacial score (nSPS) is 25.0. The molecule has 0 saturated carbocycles. The first-order chi connectivity index (χ1) is 18.1. The molecule has 196 valence electrons. The number of ether oxygens (including phenoxy) is 1. The Morgan fingerprint density at radius 2 is 1.84 bits per heavy atom. The van der Waals surface area contributed by atoms with E-state index < -0.39 is 23.0 Å². The summed E-state index contributed by atoms with van der Waals surface area (Å²) in [6, 6.07) is 10.6. The van der Waals surface area contributed by atoms with Gasteiger partial charge < -0.3 is 30.0 Å². The number of fused-ring (bicyclic) bond motifs is 5. The van der Waals surface area contributed by atoms with E-state index in [1.807, 2.05) is 24.3 Å². The van der Waals surface area contributed by atoms with Crippen LogP contribution in [0.15, 0.2) is 40.8 Å². The number of carbonyl (C=O) groups is 4. The first kappa shape index (κ1) is 23.8. The minimum absolute atomic E-state index is 0.0777. The molecule has 4 heterocycles. The minimum atomic E-state index is -1.22. The zero-order valence-corrected chi connectivity index (χ0v) is 21.2. The number of hydrogen-bond donors (Lipinski definition) is 4. The highest BCUT2D eigenvalue weighted by Crippen LogP contribution is 2.43. The number of furan rings is 1. The molecule has 4 aliphatic rings. The number of aryl methyl sites for hydroxylation is 1. The van der Waals surface area contributed by atoms with Crippen LogP contribution in [0.5, 0.6) is 5.75 Å². The van der Waals surface area contributed by atoms with Gasteiger partial charge in [0.15, 0.2) is 5.54 Å². The minimum Gasteiger partial charge on any atom is -0.497 e. The third-order valence-electron chi connectivity index (χ3n) is 7.85. The third-order valence-corrected chi connectivity index (χ3v) is 7.85. The van der Waals surface area contributed by atoms with Gasteiger partial charge >= 0.3 is 12.1 Å². The van der Waals surface area contributed by atoms with Crippen molar-refractivity contribution >= 4 is 34.8 Å². The van der Waals surface area contributed by atoms with Crippen LogP contribution in [0.3, 0.4) is 0 Å². The number of imide groups is 1. The molecule has 4 N–H and O–H groups in total. The lowest BCUT2D eigenvalue weighted by Crippen LogP contribution is -2.40. The highest BCUT2D eigenvalue weighted by Gasteiger charge is 2.48. The van der Waals surface area contributed by atoms with Crippen molar-refractivity contribution in [3.05, 3.63) is 64.4 Å². The maximum absolute atomic E-state index is 12.1. The summed E-state index contributed by atoms with van der Waals surface area (Å²) in [4.78, 5) is 48.5. The van der Waals surface area contributed by atoms with Crippen LogP contribution in [0.1, 0.15) is 46.2 Å². The number of amides is 6. The molecule has 3 aliphatic heterocycles. The molecule has 2 unspecified atom stereocenters. The van der Waals surface area contributed by atoms with Crippen molar-refractivity contribution in [1.29, 1.82) is 0 Å². The van der Waals surface area contributed by atoms with E-state index in [0.717, 1.165) is 46.2 Å². The van der Waals surface area contributed by atoms with Gasteiger partial charge in [-0.2, -0.15) is 0 Å². The maximum Gasteiger partial charge on any atom is 0.322 e. The Morgan fingerprint density at radius 1 is 1.03 bits per heavy atom. The lowest BCUT2D eigenvalue weighted by Gasteiger charge is -2.22. The van der Waals surface area contributed by atoms with Gasteiger partial charge in [-0.3, -0.25) is 14.9 Å². The molecule has 38 heavy (non-hydrogen) atoms. The Balaban J connectivity index is 0.000000171. The number of nitrogens with zero attached hydrogens (tertiary/aromatic N) is 1. The molecule has 0 radical (unpaired) electrons. The van der Waals surface area contributed by atoms with Crippen molar-refractivity contribution in [3.8, 4) is 5.75 Å². The van der Waals surface area contributed by atoms with Crippen LogP contribution >= 0.6 is 0 Å². The summed E-state index contributed by atoms with van der Waals surface area (Å²) in [5.74, 6) is 0.780. The van der Waals surface area contributed by atoms with Crippen LogP contribution in [0.4, 0.5) is 9.59 Å². The quantitative estimate of drug-likeness (QED) is 0.384. The summed E-state index contributed by atoms with van der Waals surface area (Å²) < 4.78 is 11.1. The van der Waals surface area contributed by atoms with E-state index in [9.17, 15) is 19.2 Å². The van der Waals surface area contributed by atoms with Gasteiger partial charge in [-0.15, -0.1) is 0 Å². The van der Waals surface area contributed by atoms with E-state index in [1.165, 1.54) is 0 Å². The molecule has 2 aromatic carbocycles. The van der Waals surface area contributed by atoms with Crippen molar-refractivity contribution in [2.24, 2.45) is 0 Å². The van der Waals surface area contributed by atoms with Gasteiger partial charge in [-0.1, -0.05) is 18.2 Å². The second kappa shape index (κ2) is 8.23. The largest absolute Gasteiger partial charge is 0.497 e. The molecule has 3 aromatic rings. The Labute approximate surface area is 217 Å². The summed E-state index contributed by atoms with van der Waals surface area (Å²) in [5, 5.41) is 11.6. The second-order valence-electron chi connectivity index (χ2n) is 10.2. The predicted octanol–water partition coefficient (Wildman–Crippen LogP) is 2.22. The fourth-order valence-corrected chi connectivity index (χ4v) is 5.70. The molecule has 1 aromatic heterocycles. The molecule has 2 atom stereocenters. The van der Waals surface area contributed by atoms with Gasteiger partial charge in [0.05, 0.1) is 12.6 Å². The molecule has 2 saturated heterocycles. The predicted molar refractivity (Wildman–Crippen MR) is 136 cm³/mol. The molecule has 11 nitrogen and oxygen atoms in total. The monoisotopic (exact) mass is 517 g/mol. The Hall–Kier alpha value is -4.54. The lowest BCUT2D eigenvalue weighted by molar-refractivity contribution is -0.124. The van der Waals surface area contributed by atoms with E-state index >= 15 is 0 Å². The van der Waals surface area contributed by atoms with E-state index in [-0.39, 0.29) is 11.9 Å². The molecule has 11 heteroatoms. The number of carbonyl (C=O) groups excluding carboxylic acids is 4. The van der Waals surface area contributed by atoms with Crippen LogP contribution in [0, 0.1) is 0 Å². The van der Waals surface area contributed by atoms with E-state index in [2.05, 4.69) is 21.3 Å². The van der Waals surface area contributed by atoms with Crippen LogP contribution in [0.25, 0.3) is 11.0 Å². The molecule has 0 bridgehead atoms. The van der Waals surface area contributed by atoms with Crippen molar-refractivity contribution < 1.29 is 28.3 Å². The zero-order chi connectivity index (χ0) is 26.8. The topological polar surface area (TPSA) is 142 Å². The van der Waals surface area contributed by atoms with Gasteiger partial charge in [-0.25, -0.2) is 9.59 Å². The average Bonchev–Trinajstić information content (AvgIpc) is 3.69. The van der Waals surface area contributed by atoms with Gasteiger partial charge in [0.1, 0.15) is 17.1 Å². The smallest absolute Gasteiger partial charge is 0.322 e. The van der Waals surface area contributed by atoms with Crippen LogP contribution < -0.4 is 26.0 Å². The molecular weight excluding hydrogens is 490 g/mol. The lowest BCUT2D eigenvalue weighted by atomic mass is 9.92. The number of methoxy groups -OCH3 is 1. The first-order valence-electron chi connectivity index (χ1n) is 12.3. The fraction of sp³-hybridized carbons (Fsp3) is 0.333. The SMILES string of the molecule is CC1(c2cc3ccc4c(c3o2)CCC42CNC(=O)N2)NC(=O)NC1=O.COc1ccc2c(c1)C(=O)N(C)C2. The van der Waals surface area contributed by atoms with Gasteiger partial charge in [0, 0.05) is 36.7 Å². The summed E-state index contributed by atoms with van der Waals surface area (Å²) in [6.07, 6.45) is 1.57. The number of benzene rings is 2. The summed E-state index contributed by atoms with van der Waals surface area (Å²) in [7, 11) is 3.40. The molecule has 7 rings (SSSR count). The first-order valence-corrected chi connectivity index (χ1v) is 12.3. The highest BCUT2D eigenvalue weighted by molar-refractivity contribution is 6.07. The molecule has 2 fully saturated rings. The Bertz CT molecular complexity index is 1550. The van der Waals surface area contributed by atoms with Crippen molar-refractivity contribution in [2.75, 3.05) is 20.7 Å². The number of urea groups is 2. The standard InChI is InChI=1S/C17H16N4O4.C10H11NO2/c1-16(13(22)19-15(24)20-16)11-6-8-2-3-10-9(12(8)25-11)4-5-17(10)7-18-14(23)21-17;1-11-6-7-3-4-8(13-2)5-9(7)10(11)12/h2-3,6H,4-5,7H2,1H3,(H2,18,21,23)(H2,19,20,22,24);3-5H,6H2,1-2H3. The summed E-state index contributed by atoms with van der Waals surface area (Å²) >= 11 is 0. The van der Waals surface area contributed by atoms with Crippen molar-refractivity contribution in [2.45, 2.75) is 37.4 Å². The van der Waals surface area contributed by atoms with Gasteiger partial charge in [0.2, 0.25) is 0 Å². The molecule has 1 spiro atoms. The van der Waals surface area contributed by atoms with Crippen LogP contribution in [-0.2, 0) is 28.8 Å². The Kier molecular flexibility index (Phi) is 5.17. The van der Waals surface area contributed by atoms with E-state index in [4.69, 9.17) is 9.15 Å². The number of rotatable bonds is 2. The van der Waals surface area contributed by atoms with E-state index in [0.29, 0.717) is 24.4 Å². The van der Waals surface area contributed by atoms with E-state index in [1.54, 1.807) is 38.1 Å². The summed E-state index contributed by atoms with van der Waals surface area (Å²) in [6.45, 7) is 2.88. The van der Waals surface area contributed by atoms with Crippen molar-refractivity contribution in [1.82, 2.24) is 26.2 Å². The van der Waals surface area contributed by atoms with Crippen molar-refractivity contribution in [3.63, 3.8) is 0 Å². The maximum atomic E-state index is 12.1. The third kappa shape index (κ3) is 3.49.